The number of rotatable bonds is 0. The molecule has 0 saturated heterocycles. The van der Waals surface area contributed by atoms with E-state index in [9.17, 15) is 0 Å². The summed E-state index contributed by atoms with van der Waals surface area (Å²) in [6.07, 6.45) is 6.56. The van der Waals surface area contributed by atoms with Gasteiger partial charge in [-0.25, -0.2) is 0 Å². The number of hydrogen-bond donors (Lipinski definition) is 0. The molecule has 2 nitrogen and oxygen atoms in total. The van der Waals surface area contributed by atoms with Gasteiger partial charge in [0.05, 0.1) is 0 Å². The van der Waals surface area contributed by atoms with Gasteiger partial charge in [-0.2, -0.15) is 0 Å². The zero-order valence-electron chi connectivity index (χ0n) is 7.70. The van der Waals surface area contributed by atoms with E-state index in [1.54, 1.807) is 0 Å². The number of hydrogen-bond acceptors (Lipinski definition) is 1. The fourth-order valence-electron chi connectivity index (χ4n) is 1.78. The third kappa shape index (κ3) is 1.04. The maximum atomic E-state index is 4.41. The fraction of sp³-hybridized carbons (Fsp3) is 0.400. The van der Waals surface area contributed by atoms with Crippen LogP contribution in [0, 0.1) is 5.92 Å². The van der Waals surface area contributed by atoms with Crippen LogP contribution < -0.4 is 0 Å². The molecule has 1 unspecified atom stereocenters. The smallest absolute Gasteiger partial charge is 0.0967 e. The molecule has 0 aromatic heterocycles. The summed E-state index contributed by atoms with van der Waals surface area (Å²) in [5, 5.41) is 4.41. The zero-order valence-corrected chi connectivity index (χ0v) is 7.70. The third-order valence-corrected chi connectivity index (χ3v) is 2.25. The molecule has 0 N–H and O–H groups in total. The van der Waals surface area contributed by atoms with Crippen LogP contribution in [0.3, 0.4) is 0 Å². The monoisotopic (exact) mass is 161 g/mol. The highest BCUT2D eigenvalue weighted by Crippen LogP contribution is 2.21. The van der Waals surface area contributed by atoms with Crippen molar-refractivity contribution in [1.82, 2.24) is 0 Å². The minimum absolute atomic E-state index is 0.417. The summed E-state index contributed by atoms with van der Waals surface area (Å²) in [5.41, 5.74) is 3.83. The van der Waals surface area contributed by atoms with E-state index in [-0.39, 0.29) is 0 Å². The first-order valence-electron chi connectivity index (χ1n) is 4.20. The van der Waals surface area contributed by atoms with E-state index in [0.29, 0.717) is 5.92 Å². The molecule has 0 bridgehead atoms. The number of allylic oxidation sites excluding steroid dienone is 4. The summed E-state index contributed by atoms with van der Waals surface area (Å²) in [5.74, 6) is 0.417. The van der Waals surface area contributed by atoms with Gasteiger partial charge in [0.1, 0.15) is 11.6 Å². The van der Waals surface area contributed by atoms with Gasteiger partial charge in [0.15, 0.2) is 13.3 Å². The quantitative estimate of drug-likeness (QED) is 0.479. The second kappa shape index (κ2) is 2.41. The minimum Gasteiger partial charge on any atom is -0.0967 e. The van der Waals surface area contributed by atoms with Gasteiger partial charge in [-0.05, 0) is 24.5 Å². The van der Waals surface area contributed by atoms with E-state index in [2.05, 4.69) is 37.3 Å². The van der Waals surface area contributed by atoms with Gasteiger partial charge in [-0.3, -0.25) is 0 Å². The molecular weight excluding hydrogens is 148 g/mol. The lowest BCUT2D eigenvalue weighted by Crippen LogP contribution is -2.14. The molecule has 1 aliphatic carbocycles. The van der Waals surface area contributed by atoms with Crippen LogP contribution in [0.5, 0.6) is 0 Å². The van der Waals surface area contributed by atoms with Crippen LogP contribution in [0.1, 0.15) is 13.8 Å². The first-order chi connectivity index (χ1) is 5.66. The summed E-state index contributed by atoms with van der Waals surface area (Å²) in [7, 11) is 1.97. The second-order valence-corrected chi connectivity index (χ2v) is 3.47. The molecule has 12 heavy (non-hydrogen) atoms. The molecule has 1 atom stereocenters. The Labute approximate surface area is 72.6 Å². The van der Waals surface area contributed by atoms with E-state index >= 15 is 0 Å². The second-order valence-electron chi connectivity index (χ2n) is 3.47. The van der Waals surface area contributed by atoms with Crippen LogP contribution in [-0.4, -0.2) is 23.7 Å². The molecule has 62 valence electrons. The average molecular weight is 161 g/mol. The molecular formula is C10H13N2+. The van der Waals surface area contributed by atoms with Crippen molar-refractivity contribution in [2.24, 2.45) is 11.0 Å². The number of fused-ring (bicyclic) bond motifs is 1. The van der Waals surface area contributed by atoms with Crippen molar-refractivity contribution in [3.8, 4) is 0 Å². The van der Waals surface area contributed by atoms with Crippen molar-refractivity contribution in [1.29, 1.82) is 0 Å². The minimum atomic E-state index is 0.417. The highest BCUT2D eigenvalue weighted by Gasteiger charge is 2.27. The van der Waals surface area contributed by atoms with E-state index in [0.717, 1.165) is 0 Å². The first-order valence-corrected chi connectivity index (χ1v) is 4.20. The van der Waals surface area contributed by atoms with Gasteiger partial charge in [-0.15, -0.1) is 0 Å². The molecule has 2 rings (SSSR count). The van der Waals surface area contributed by atoms with Crippen LogP contribution in [0.2, 0.25) is 0 Å². The maximum absolute atomic E-state index is 4.41. The standard InChI is InChI=1S/C10H13N2/c1-7-4-8(2)10-9(5-7)6-12(3)11-10/h4-6,9H,1-3H3/q+1. The Bertz CT molecular complexity index is 343. The molecule has 1 aliphatic heterocycles. The maximum Gasteiger partial charge on any atom is 0.185 e. The van der Waals surface area contributed by atoms with Crippen molar-refractivity contribution in [3.05, 3.63) is 23.3 Å². The predicted molar refractivity (Wildman–Crippen MR) is 50.7 cm³/mol. The van der Waals surface area contributed by atoms with Gasteiger partial charge in [0, 0.05) is 0 Å². The summed E-state index contributed by atoms with van der Waals surface area (Å²) in [4.78, 5) is 0. The van der Waals surface area contributed by atoms with Crippen LogP contribution in [0.25, 0.3) is 0 Å². The molecule has 0 amide bonds. The Kier molecular flexibility index (Phi) is 1.50. The topological polar surface area (TPSA) is 15.4 Å². The molecule has 2 aliphatic rings. The lowest BCUT2D eigenvalue weighted by Gasteiger charge is -2.09. The largest absolute Gasteiger partial charge is 0.185 e. The highest BCUT2D eigenvalue weighted by atomic mass is 15.4. The van der Waals surface area contributed by atoms with Crippen molar-refractivity contribution in [3.63, 3.8) is 0 Å². The van der Waals surface area contributed by atoms with Crippen LogP contribution in [0.15, 0.2) is 28.4 Å². The Morgan fingerprint density at radius 2 is 2.17 bits per heavy atom. The predicted octanol–water partition coefficient (Wildman–Crippen LogP) is 1.59. The van der Waals surface area contributed by atoms with Crippen LogP contribution in [-0.2, 0) is 0 Å². The molecule has 0 spiro atoms. The summed E-state index contributed by atoms with van der Waals surface area (Å²) in [6, 6.07) is 0. The summed E-state index contributed by atoms with van der Waals surface area (Å²) in [6.45, 7) is 4.25. The molecule has 0 radical (unpaired) electrons. The van der Waals surface area contributed by atoms with Crippen molar-refractivity contribution >= 4 is 11.9 Å². The Hall–Kier alpha value is -1.18. The van der Waals surface area contributed by atoms with E-state index in [1.807, 2.05) is 11.7 Å². The summed E-state index contributed by atoms with van der Waals surface area (Å²) < 4.78 is 1.90. The molecule has 0 aromatic carbocycles. The van der Waals surface area contributed by atoms with Crippen LogP contribution >= 0.6 is 0 Å². The molecule has 0 fully saturated rings. The first kappa shape index (κ1) is 7.47. The number of hydrazone groups is 1. The van der Waals surface area contributed by atoms with Crippen LogP contribution in [0.4, 0.5) is 0 Å². The molecule has 0 saturated carbocycles. The molecule has 1 heterocycles. The highest BCUT2D eigenvalue weighted by molar-refractivity contribution is 6.12. The SMILES string of the molecule is CC1=CC2C=[N+](C)N=C2C(C)=C1. The van der Waals surface area contributed by atoms with Crippen molar-refractivity contribution in [2.45, 2.75) is 13.8 Å². The van der Waals surface area contributed by atoms with Crippen molar-refractivity contribution < 1.29 is 4.68 Å². The van der Waals surface area contributed by atoms with Gasteiger partial charge in [0.2, 0.25) is 0 Å². The third-order valence-electron chi connectivity index (χ3n) is 2.25. The Balaban J connectivity index is 2.46. The lowest BCUT2D eigenvalue weighted by atomic mass is 9.91. The number of nitrogens with zero attached hydrogens (tertiary/aromatic N) is 2. The Morgan fingerprint density at radius 3 is 2.92 bits per heavy atom. The Morgan fingerprint density at radius 1 is 1.42 bits per heavy atom. The fourth-order valence-corrected chi connectivity index (χ4v) is 1.78. The zero-order chi connectivity index (χ0) is 8.72. The van der Waals surface area contributed by atoms with Crippen molar-refractivity contribution in [2.75, 3.05) is 7.05 Å². The van der Waals surface area contributed by atoms with Gasteiger partial charge >= 0.3 is 0 Å². The van der Waals surface area contributed by atoms with Gasteiger partial charge < -0.3 is 0 Å². The van der Waals surface area contributed by atoms with E-state index < -0.39 is 0 Å². The van der Waals surface area contributed by atoms with E-state index in [4.69, 9.17) is 0 Å². The summed E-state index contributed by atoms with van der Waals surface area (Å²) >= 11 is 0. The van der Waals surface area contributed by atoms with E-state index in [1.165, 1.54) is 16.9 Å². The van der Waals surface area contributed by atoms with Gasteiger partial charge in [-0.1, -0.05) is 22.4 Å². The molecule has 0 aromatic rings. The normalized spacial score (nSPS) is 27.1. The van der Waals surface area contributed by atoms with Gasteiger partial charge in [0.25, 0.3) is 0 Å². The average Bonchev–Trinajstić information content (AvgIpc) is 2.29. The lowest BCUT2D eigenvalue weighted by molar-refractivity contribution is -0.495. The molecule has 2 heteroatoms.